The Morgan fingerprint density at radius 3 is 1.82 bits per heavy atom. The van der Waals surface area contributed by atoms with E-state index in [1.165, 1.54) is 0 Å². The lowest BCUT2D eigenvalue weighted by atomic mass is 9.90. The fourth-order valence-electron chi connectivity index (χ4n) is 1.51. The van der Waals surface area contributed by atoms with Crippen LogP contribution < -0.4 is 0 Å². The molecule has 0 saturated heterocycles. The molecular formula is C9H20OS. The van der Waals surface area contributed by atoms with Crippen molar-refractivity contribution in [3.05, 3.63) is 0 Å². The summed E-state index contributed by atoms with van der Waals surface area (Å²) in [6.45, 7) is 4.22. The fraction of sp³-hybridized carbons (Fsp3) is 1.00. The van der Waals surface area contributed by atoms with E-state index in [9.17, 15) is 5.11 Å². The summed E-state index contributed by atoms with van der Waals surface area (Å²) in [5.41, 5.74) is -0.425. The number of hydrogen-bond acceptors (Lipinski definition) is 2. The molecule has 0 unspecified atom stereocenters. The molecular weight excluding hydrogens is 156 g/mol. The minimum absolute atomic E-state index is 0.425. The van der Waals surface area contributed by atoms with Gasteiger partial charge < -0.3 is 5.11 Å². The predicted molar refractivity (Wildman–Crippen MR) is 53.2 cm³/mol. The van der Waals surface area contributed by atoms with Gasteiger partial charge in [-0.25, -0.2) is 0 Å². The Balaban J connectivity index is 3.79. The van der Waals surface area contributed by atoms with E-state index < -0.39 is 5.60 Å². The molecule has 0 fully saturated rings. The van der Waals surface area contributed by atoms with Crippen molar-refractivity contribution < 1.29 is 5.11 Å². The Hall–Kier alpha value is 0.310. The highest BCUT2D eigenvalue weighted by Gasteiger charge is 2.22. The zero-order chi connectivity index (χ0) is 8.74. The van der Waals surface area contributed by atoms with Gasteiger partial charge in [0.25, 0.3) is 0 Å². The van der Waals surface area contributed by atoms with Crippen LogP contribution in [0, 0.1) is 0 Å². The molecule has 0 atom stereocenters. The van der Waals surface area contributed by atoms with Crippen LogP contribution in [0.3, 0.4) is 0 Å². The normalized spacial score (nSPS) is 12.0. The lowest BCUT2D eigenvalue weighted by Crippen LogP contribution is -2.28. The number of rotatable bonds is 6. The summed E-state index contributed by atoms with van der Waals surface area (Å²) in [6, 6.07) is 0. The average Bonchev–Trinajstić information content (AvgIpc) is 1.88. The molecule has 0 aromatic heterocycles. The van der Waals surface area contributed by atoms with Gasteiger partial charge in [-0.1, -0.05) is 26.7 Å². The lowest BCUT2D eigenvalue weighted by Gasteiger charge is -2.26. The van der Waals surface area contributed by atoms with E-state index in [4.69, 9.17) is 0 Å². The molecule has 0 amide bonds. The molecule has 0 aliphatic heterocycles. The maximum atomic E-state index is 9.96. The van der Waals surface area contributed by atoms with Gasteiger partial charge in [-0.05, 0) is 25.0 Å². The summed E-state index contributed by atoms with van der Waals surface area (Å²) < 4.78 is 0. The first-order valence-electron chi connectivity index (χ1n) is 4.51. The minimum atomic E-state index is -0.425. The third-order valence-corrected chi connectivity index (χ3v) is 2.23. The zero-order valence-corrected chi connectivity index (χ0v) is 8.53. The fourth-order valence-corrected chi connectivity index (χ4v) is 1.93. The highest BCUT2D eigenvalue weighted by atomic mass is 32.1. The van der Waals surface area contributed by atoms with Crippen LogP contribution in [0.15, 0.2) is 0 Å². The van der Waals surface area contributed by atoms with Crippen LogP contribution in [0.4, 0.5) is 0 Å². The van der Waals surface area contributed by atoms with Gasteiger partial charge in [-0.3, -0.25) is 0 Å². The molecule has 0 heterocycles. The molecule has 1 nitrogen and oxygen atoms in total. The quantitative estimate of drug-likeness (QED) is 0.596. The van der Waals surface area contributed by atoms with Crippen LogP contribution in [0.5, 0.6) is 0 Å². The highest BCUT2D eigenvalue weighted by Crippen LogP contribution is 2.23. The van der Waals surface area contributed by atoms with Crippen LogP contribution >= 0.6 is 12.6 Å². The summed E-state index contributed by atoms with van der Waals surface area (Å²) in [5.74, 6) is 0.788. The summed E-state index contributed by atoms with van der Waals surface area (Å²) in [5, 5.41) is 9.96. The second-order valence-electron chi connectivity index (χ2n) is 3.20. The maximum Gasteiger partial charge on any atom is 0.0655 e. The maximum absolute atomic E-state index is 9.96. The number of hydrogen-bond donors (Lipinski definition) is 2. The summed E-state index contributed by atoms with van der Waals surface area (Å²) in [4.78, 5) is 0. The minimum Gasteiger partial charge on any atom is -0.390 e. The van der Waals surface area contributed by atoms with E-state index in [0.29, 0.717) is 0 Å². The molecule has 0 spiro atoms. The zero-order valence-electron chi connectivity index (χ0n) is 7.64. The average molecular weight is 176 g/mol. The van der Waals surface area contributed by atoms with Crippen LogP contribution in [-0.4, -0.2) is 16.5 Å². The highest BCUT2D eigenvalue weighted by molar-refractivity contribution is 7.80. The molecule has 0 aliphatic carbocycles. The van der Waals surface area contributed by atoms with E-state index in [1.54, 1.807) is 0 Å². The van der Waals surface area contributed by atoms with Crippen molar-refractivity contribution in [3.8, 4) is 0 Å². The van der Waals surface area contributed by atoms with Crippen LogP contribution in [-0.2, 0) is 0 Å². The van der Waals surface area contributed by atoms with Gasteiger partial charge in [0.2, 0.25) is 0 Å². The van der Waals surface area contributed by atoms with Crippen LogP contribution in [0.2, 0.25) is 0 Å². The molecule has 0 aromatic rings. The topological polar surface area (TPSA) is 20.2 Å². The van der Waals surface area contributed by atoms with Crippen molar-refractivity contribution in [2.45, 2.75) is 51.6 Å². The summed E-state index contributed by atoms with van der Waals surface area (Å²) in [6.07, 6.45) is 4.79. The lowest BCUT2D eigenvalue weighted by molar-refractivity contribution is 0.0188. The van der Waals surface area contributed by atoms with Crippen molar-refractivity contribution in [2.75, 3.05) is 5.75 Å². The first-order chi connectivity index (χ1) is 5.18. The van der Waals surface area contributed by atoms with Gasteiger partial charge in [-0.15, -0.1) is 0 Å². The molecule has 0 radical (unpaired) electrons. The first kappa shape index (κ1) is 11.3. The van der Waals surface area contributed by atoms with Gasteiger partial charge in [0.1, 0.15) is 0 Å². The van der Waals surface area contributed by atoms with Gasteiger partial charge in [0, 0.05) is 0 Å². The van der Waals surface area contributed by atoms with Gasteiger partial charge in [-0.2, -0.15) is 12.6 Å². The second kappa shape index (κ2) is 5.90. The summed E-state index contributed by atoms with van der Waals surface area (Å²) >= 11 is 4.14. The molecule has 0 saturated carbocycles. The van der Waals surface area contributed by atoms with Crippen molar-refractivity contribution in [2.24, 2.45) is 0 Å². The van der Waals surface area contributed by atoms with Crippen molar-refractivity contribution in [3.63, 3.8) is 0 Å². The Morgan fingerprint density at radius 1 is 1.09 bits per heavy atom. The molecule has 11 heavy (non-hydrogen) atoms. The van der Waals surface area contributed by atoms with Crippen LogP contribution in [0.25, 0.3) is 0 Å². The Bertz CT molecular complexity index is 76.5. The Labute approximate surface area is 75.6 Å². The number of thiol groups is 1. The van der Waals surface area contributed by atoms with Gasteiger partial charge >= 0.3 is 0 Å². The summed E-state index contributed by atoms with van der Waals surface area (Å²) in [7, 11) is 0. The molecule has 0 rings (SSSR count). The standard InChI is InChI=1S/C9H20OS/c1-3-5-9(10,6-4-2)7-8-11/h10-11H,3-8H2,1-2H3. The van der Waals surface area contributed by atoms with E-state index in [1.807, 2.05) is 0 Å². The van der Waals surface area contributed by atoms with Crippen molar-refractivity contribution >= 4 is 12.6 Å². The molecule has 0 aliphatic rings. The van der Waals surface area contributed by atoms with E-state index >= 15 is 0 Å². The SMILES string of the molecule is CCCC(O)(CCC)CCS. The first-order valence-corrected chi connectivity index (χ1v) is 5.15. The molecule has 1 N–H and O–H groups in total. The van der Waals surface area contributed by atoms with Gasteiger partial charge in [0.15, 0.2) is 0 Å². The molecule has 2 heteroatoms. The van der Waals surface area contributed by atoms with E-state index in [2.05, 4.69) is 26.5 Å². The van der Waals surface area contributed by atoms with E-state index in [0.717, 1.165) is 37.9 Å². The number of aliphatic hydroxyl groups is 1. The third-order valence-electron chi connectivity index (χ3n) is 2.01. The Morgan fingerprint density at radius 2 is 1.55 bits per heavy atom. The van der Waals surface area contributed by atoms with Crippen molar-refractivity contribution in [1.29, 1.82) is 0 Å². The smallest absolute Gasteiger partial charge is 0.0655 e. The molecule has 0 bridgehead atoms. The molecule has 0 aromatic carbocycles. The monoisotopic (exact) mass is 176 g/mol. The second-order valence-corrected chi connectivity index (χ2v) is 3.65. The van der Waals surface area contributed by atoms with Crippen LogP contribution in [0.1, 0.15) is 46.0 Å². The van der Waals surface area contributed by atoms with E-state index in [-0.39, 0.29) is 0 Å². The largest absolute Gasteiger partial charge is 0.390 e. The Kier molecular flexibility index (Phi) is 6.06. The predicted octanol–water partition coefficient (Wildman–Crippen LogP) is 2.64. The van der Waals surface area contributed by atoms with Gasteiger partial charge in [0.05, 0.1) is 5.60 Å². The third kappa shape index (κ3) is 4.70. The van der Waals surface area contributed by atoms with Crippen molar-refractivity contribution in [1.82, 2.24) is 0 Å². The molecule has 68 valence electrons.